The first-order valence-corrected chi connectivity index (χ1v) is 14.0. The van der Waals surface area contributed by atoms with E-state index in [0.717, 1.165) is 32.7 Å². The number of thioether (sulfide) groups is 1. The van der Waals surface area contributed by atoms with Gasteiger partial charge in [0.15, 0.2) is 0 Å². The molecule has 0 aliphatic rings. The molecular weight excluding hydrogens is 571 g/mol. The number of fused-ring (bicyclic) bond motifs is 1. The number of rotatable bonds is 9. The second-order valence-electron chi connectivity index (χ2n) is 7.31. The fourth-order valence-corrected chi connectivity index (χ4v) is 5.66. The van der Waals surface area contributed by atoms with Crippen molar-refractivity contribution >= 4 is 71.4 Å². The first-order chi connectivity index (χ1) is 15.8. The van der Waals surface area contributed by atoms with Crippen LogP contribution in [-0.2, 0) is 11.4 Å². The second-order valence-corrected chi connectivity index (χ2v) is 10.5. The molecule has 0 aliphatic heterocycles. The Labute approximate surface area is 214 Å². The lowest BCUT2D eigenvalue weighted by Crippen LogP contribution is -2.23. The van der Waals surface area contributed by atoms with Gasteiger partial charge in [0.2, 0.25) is 5.91 Å². The predicted octanol–water partition coefficient (Wildman–Crippen LogP) is 6.01. The number of aromatic nitrogens is 2. The summed E-state index contributed by atoms with van der Waals surface area (Å²) in [6, 6.07) is 8.00. The zero-order valence-electron chi connectivity index (χ0n) is 19.0. The quantitative estimate of drug-likeness (QED) is 0.171. The third-order valence-corrected chi connectivity index (χ3v) is 7.69. The van der Waals surface area contributed by atoms with Crippen molar-refractivity contribution in [1.29, 1.82) is 0 Å². The number of pyridine rings is 2. The lowest BCUT2D eigenvalue weighted by Gasteiger charge is -2.19. The predicted molar refractivity (Wildman–Crippen MR) is 148 cm³/mol. The van der Waals surface area contributed by atoms with Gasteiger partial charge in [-0.05, 0) is 51.5 Å². The minimum atomic E-state index is -0.440. The SMILES string of the molecule is C=IN(/C=C\C)c1cc(C)nc2c(OCc3c(Cl)cncc3SCC(=O)N(C)C)cccc12. The third-order valence-electron chi connectivity index (χ3n) is 4.73. The molecule has 0 unspecified atom stereocenters. The maximum absolute atomic E-state index is 12.0. The van der Waals surface area contributed by atoms with E-state index < -0.39 is 21.0 Å². The molecule has 2 heterocycles. The highest BCUT2D eigenvalue weighted by atomic mass is 127. The van der Waals surface area contributed by atoms with Gasteiger partial charge in [-0.15, -0.1) is 11.8 Å². The van der Waals surface area contributed by atoms with Crippen LogP contribution in [0.2, 0.25) is 5.02 Å². The molecule has 6 nitrogen and oxygen atoms in total. The fourth-order valence-electron chi connectivity index (χ4n) is 3.06. The van der Waals surface area contributed by atoms with Crippen LogP contribution >= 0.6 is 44.4 Å². The number of nitrogens with zero attached hydrogens (tertiary/aromatic N) is 4. The van der Waals surface area contributed by atoms with Crippen molar-refractivity contribution in [3.05, 3.63) is 65.2 Å². The second kappa shape index (κ2) is 11.8. The number of anilines is 1. The van der Waals surface area contributed by atoms with Crippen molar-refractivity contribution in [3.63, 3.8) is 0 Å². The standard InChI is InChI=1S/C24H26ClIN4O2S/c1-6-10-30(26-3)20-11-16(2)28-24-17(20)8-7-9-21(24)32-14-18-19(25)12-27-13-22(18)33-15-23(31)29(4)5/h6-13H,3,14-15H2,1-2,4-5H3/b10-6-. The number of halogens is 2. The summed E-state index contributed by atoms with van der Waals surface area (Å²) in [7, 11) is 3.47. The molecule has 3 aromatic rings. The summed E-state index contributed by atoms with van der Waals surface area (Å²) in [6.07, 6.45) is 7.37. The highest BCUT2D eigenvalue weighted by Gasteiger charge is 2.15. The molecule has 0 saturated carbocycles. The van der Waals surface area contributed by atoms with Crippen LogP contribution in [0.25, 0.3) is 10.9 Å². The molecular formula is C24H26ClIN4O2S. The first-order valence-electron chi connectivity index (χ1n) is 10.1. The molecule has 1 aromatic carbocycles. The van der Waals surface area contributed by atoms with E-state index in [1.807, 2.05) is 38.1 Å². The van der Waals surface area contributed by atoms with E-state index in [1.54, 1.807) is 31.4 Å². The molecule has 0 radical (unpaired) electrons. The molecule has 3 rings (SSSR count). The molecule has 0 saturated heterocycles. The number of hydrogen-bond donors (Lipinski definition) is 0. The largest absolute Gasteiger partial charge is 0.487 e. The Bertz CT molecular complexity index is 1200. The number of amides is 1. The van der Waals surface area contributed by atoms with Crippen LogP contribution in [-0.4, -0.2) is 45.1 Å². The Morgan fingerprint density at radius 3 is 2.82 bits per heavy atom. The van der Waals surface area contributed by atoms with Crippen LogP contribution in [0.5, 0.6) is 5.75 Å². The van der Waals surface area contributed by atoms with Crippen molar-refractivity contribution in [1.82, 2.24) is 14.9 Å². The van der Waals surface area contributed by atoms with Gasteiger partial charge in [0.05, 0.1) is 16.5 Å². The molecule has 9 heteroatoms. The Hall–Kier alpha value is -2.17. The Morgan fingerprint density at radius 2 is 2.12 bits per heavy atom. The number of hydrogen-bond acceptors (Lipinski definition) is 6. The van der Waals surface area contributed by atoms with Crippen LogP contribution in [0.4, 0.5) is 5.69 Å². The van der Waals surface area contributed by atoms with E-state index in [9.17, 15) is 4.79 Å². The van der Waals surface area contributed by atoms with Gasteiger partial charge in [-0.2, -0.15) is 0 Å². The molecule has 1 amide bonds. The highest BCUT2D eigenvalue weighted by molar-refractivity contribution is 14.2. The number of aryl methyl sites for hydroxylation is 1. The minimum Gasteiger partial charge on any atom is -0.487 e. The monoisotopic (exact) mass is 596 g/mol. The molecule has 0 fully saturated rings. The Morgan fingerprint density at radius 1 is 1.33 bits per heavy atom. The number of carbonyl (C=O) groups excluding carboxylic acids is 1. The Kier molecular flexibility index (Phi) is 9.10. The highest BCUT2D eigenvalue weighted by Crippen LogP contribution is 2.36. The number of benzene rings is 1. The van der Waals surface area contributed by atoms with Crippen LogP contribution in [0.3, 0.4) is 0 Å². The van der Waals surface area contributed by atoms with E-state index in [2.05, 4.69) is 24.9 Å². The normalized spacial score (nSPS) is 11.2. The zero-order valence-corrected chi connectivity index (χ0v) is 22.7. The molecule has 0 aliphatic carbocycles. The molecule has 33 heavy (non-hydrogen) atoms. The summed E-state index contributed by atoms with van der Waals surface area (Å²) < 4.78 is 12.6. The van der Waals surface area contributed by atoms with Crippen LogP contribution in [0.1, 0.15) is 18.2 Å². The number of carbonyl (C=O) groups is 1. The van der Waals surface area contributed by atoms with Gasteiger partial charge in [0.25, 0.3) is 0 Å². The number of para-hydroxylation sites is 1. The summed E-state index contributed by atoms with van der Waals surface area (Å²) in [5.41, 5.74) is 3.57. The van der Waals surface area contributed by atoms with Crippen molar-refractivity contribution in [3.8, 4) is 5.75 Å². The van der Waals surface area contributed by atoms with Crippen molar-refractivity contribution in [2.75, 3.05) is 23.0 Å². The number of ether oxygens (including phenoxy) is 1. The van der Waals surface area contributed by atoms with Crippen LogP contribution in [0, 0.1) is 6.92 Å². The molecule has 0 spiro atoms. The van der Waals surface area contributed by atoms with E-state index >= 15 is 0 Å². The topological polar surface area (TPSA) is 58.6 Å². The summed E-state index contributed by atoms with van der Waals surface area (Å²) in [5, 5.41) is 1.51. The maximum atomic E-state index is 12.0. The van der Waals surface area contributed by atoms with Gasteiger partial charge in [-0.3, -0.25) is 12.9 Å². The van der Waals surface area contributed by atoms with Gasteiger partial charge in [0.1, 0.15) is 17.9 Å². The average Bonchev–Trinajstić information content (AvgIpc) is 2.79. The summed E-state index contributed by atoms with van der Waals surface area (Å²) in [4.78, 5) is 23.4. The number of allylic oxidation sites excluding steroid dienone is 1. The van der Waals surface area contributed by atoms with Crippen LogP contribution < -0.4 is 7.85 Å². The Balaban J connectivity index is 1.93. The van der Waals surface area contributed by atoms with Gasteiger partial charge in [-0.1, -0.05) is 29.8 Å². The third kappa shape index (κ3) is 6.24. The van der Waals surface area contributed by atoms with Crippen LogP contribution in [0.15, 0.2) is 53.8 Å². The van der Waals surface area contributed by atoms with E-state index in [1.165, 1.54) is 11.8 Å². The molecule has 2 aromatic heterocycles. The van der Waals surface area contributed by atoms with Crippen molar-refractivity contribution < 1.29 is 9.53 Å². The summed E-state index contributed by atoms with van der Waals surface area (Å²) >= 11 is 7.42. The zero-order chi connectivity index (χ0) is 24.0. The average molecular weight is 597 g/mol. The summed E-state index contributed by atoms with van der Waals surface area (Å²) in [6.45, 7) is 4.22. The first kappa shape index (κ1) is 25.5. The molecule has 174 valence electrons. The lowest BCUT2D eigenvalue weighted by atomic mass is 10.1. The maximum Gasteiger partial charge on any atom is 0.232 e. The van der Waals surface area contributed by atoms with E-state index in [-0.39, 0.29) is 12.5 Å². The van der Waals surface area contributed by atoms with Crippen molar-refractivity contribution in [2.45, 2.75) is 25.3 Å². The lowest BCUT2D eigenvalue weighted by molar-refractivity contribution is -0.125. The summed E-state index contributed by atoms with van der Waals surface area (Å²) in [5.74, 6) is 0.996. The smallest absolute Gasteiger partial charge is 0.232 e. The van der Waals surface area contributed by atoms with Gasteiger partial charge >= 0.3 is 0 Å². The molecule has 0 atom stereocenters. The van der Waals surface area contributed by atoms with E-state index in [0.29, 0.717) is 16.5 Å². The molecule has 0 N–H and O–H groups in total. The fraction of sp³-hybridized carbons (Fsp3) is 0.250. The van der Waals surface area contributed by atoms with Gasteiger partial charge < -0.3 is 9.64 Å². The van der Waals surface area contributed by atoms with Gasteiger partial charge in [0, 0.05) is 54.2 Å². The van der Waals surface area contributed by atoms with Crippen molar-refractivity contribution in [2.24, 2.45) is 0 Å². The van der Waals surface area contributed by atoms with Gasteiger partial charge in [-0.25, -0.2) is 4.98 Å². The molecule has 0 bridgehead atoms. The van der Waals surface area contributed by atoms with E-state index in [4.69, 9.17) is 21.3 Å². The minimum absolute atomic E-state index is 0.0204.